The van der Waals surface area contributed by atoms with Gasteiger partial charge >= 0.3 is 0 Å². The fourth-order valence-corrected chi connectivity index (χ4v) is 2.36. The number of phenols is 1. The zero-order valence-electron chi connectivity index (χ0n) is 12.4. The summed E-state index contributed by atoms with van der Waals surface area (Å²) in [5.41, 5.74) is 4.29. The van der Waals surface area contributed by atoms with Crippen LogP contribution < -0.4 is 0 Å². The molecule has 0 aliphatic carbocycles. The average Bonchev–Trinajstić information content (AvgIpc) is 2.41. The molecule has 2 rings (SSSR count). The molecular weight excluding hydrogens is 251 g/mol. The molecule has 0 spiro atoms. The van der Waals surface area contributed by atoms with Gasteiger partial charge in [0.15, 0.2) is 11.6 Å². The molecule has 0 unspecified atom stereocenters. The van der Waals surface area contributed by atoms with Crippen LogP contribution in [0.4, 0.5) is 4.39 Å². The van der Waals surface area contributed by atoms with Crippen LogP contribution in [-0.4, -0.2) is 5.11 Å². The minimum absolute atomic E-state index is 0.306. The van der Waals surface area contributed by atoms with Crippen molar-refractivity contribution in [2.24, 2.45) is 0 Å². The molecule has 0 aliphatic rings. The second-order valence-corrected chi connectivity index (χ2v) is 5.82. The highest BCUT2D eigenvalue weighted by molar-refractivity contribution is 5.69. The van der Waals surface area contributed by atoms with Gasteiger partial charge in [-0.1, -0.05) is 52.0 Å². The van der Waals surface area contributed by atoms with E-state index < -0.39 is 5.82 Å². The van der Waals surface area contributed by atoms with E-state index in [0.29, 0.717) is 11.8 Å². The van der Waals surface area contributed by atoms with Crippen LogP contribution in [0.5, 0.6) is 5.75 Å². The van der Waals surface area contributed by atoms with Gasteiger partial charge in [0.2, 0.25) is 0 Å². The summed E-state index contributed by atoms with van der Waals surface area (Å²) in [6.07, 6.45) is 0. The Kier molecular flexibility index (Phi) is 4.12. The zero-order valence-corrected chi connectivity index (χ0v) is 12.4. The van der Waals surface area contributed by atoms with Crippen molar-refractivity contribution >= 4 is 0 Å². The smallest absolute Gasteiger partial charge is 0.165 e. The highest BCUT2D eigenvalue weighted by atomic mass is 19.1. The minimum atomic E-state index is -0.577. The molecular formula is C18H21FO. The maximum atomic E-state index is 13.6. The molecule has 0 aromatic heterocycles. The number of rotatable bonds is 3. The number of hydrogen-bond donors (Lipinski definition) is 1. The Morgan fingerprint density at radius 1 is 0.900 bits per heavy atom. The Morgan fingerprint density at radius 3 is 2.15 bits per heavy atom. The molecule has 2 aromatic rings. The number of hydrogen-bond acceptors (Lipinski definition) is 1. The summed E-state index contributed by atoms with van der Waals surface area (Å²) < 4.78 is 13.6. The van der Waals surface area contributed by atoms with Crippen molar-refractivity contribution < 1.29 is 9.50 Å². The second kappa shape index (κ2) is 5.66. The molecule has 2 heteroatoms. The van der Waals surface area contributed by atoms with Crippen molar-refractivity contribution in [3.63, 3.8) is 0 Å². The lowest BCUT2D eigenvalue weighted by atomic mass is 9.88. The van der Waals surface area contributed by atoms with E-state index in [9.17, 15) is 9.50 Å². The molecule has 0 radical (unpaired) electrons. The first-order chi connectivity index (χ1) is 9.40. The predicted octanol–water partition coefficient (Wildman–Crippen LogP) is 5.45. The SMILES string of the molecule is CC(C)c1ccc(C(C)C)c(-c2ccc(O)c(F)c2)c1. The van der Waals surface area contributed by atoms with E-state index in [0.717, 1.165) is 11.1 Å². The molecule has 0 atom stereocenters. The minimum Gasteiger partial charge on any atom is -0.505 e. The third kappa shape index (κ3) is 2.84. The number of benzene rings is 2. The van der Waals surface area contributed by atoms with Crippen LogP contribution in [0.3, 0.4) is 0 Å². The normalized spacial score (nSPS) is 11.3. The quantitative estimate of drug-likeness (QED) is 0.788. The van der Waals surface area contributed by atoms with Gasteiger partial charge in [-0.05, 0) is 46.2 Å². The first kappa shape index (κ1) is 14.6. The lowest BCUT2D eigenvalue weighted by Crippen LogP contribution is -1.96. The summed E-state index contributed by atoms with van der Waals surface area (Å²) in [5, 5.41) is 9.34. The van der Waals surface area contributed by atoms with Gasteiger partial charge < -0.3 is 5.11 Å². The molecule has 106 valence electrons. The monoisotopic (exact) mass is 272 g/mol. The van der Waals surface area contributed by atoms with Gasteiger partial charge in [-0.15, -0.1) is 0 Å². The van der Waals surface area contributed by atoms with Crippen LogP contribution in [0.1, 0.15) is 50.7 Å². The van der Waals surface area contributed by atoms with Crippen molar-refractivity contribution in [1.29, 1.82) is 0 Å². The van der Waals surface area contributed by atoms with Gasteiger partial charge in [-0.25, -0.2) is 4.39 Å². The third-order valence-electron chi connectivity index (χ3n) is 3.62. The van der Waals surface area contributed by atoms with Crippen LogP contribution in [0.2, 0.25) is 0 Å². The molecule has 0 fully saturated rings. The zero-order chi connectivity index (χ0) is 14.9. The van der Waals surface area contributed by atoms with E-state index in [1.165, 1.54) is 23.3 Å². The Balaban J connectivity index is 2.62. The molecule has 0 saturated heterocycles. The summed E-state index contributed by atoms with van der Waals surface area (Å²) in [7, 11) is 0. The van der Waals surface area contributed by atoms with Crippen LogP contribution in [0, 0.1) is 5.82 Å². The highest BCUT2D eigenvalue weighted by Crippen LogP contribution is 2.33. The van der Waals surface area contributed by atoms with Crippen LogP contribution in [-0.2, 0) is 0 Å². The van der Waals surface area contributed by atoms with Crippen LogP contribution >= 0.6 is 0 Å². The molecule has 1 N–H and O–H groups in total. The van der Waals surface area contributed by atoms with Crippen LogP contribution in [0.15, 0.2) is 36.4 Å². The Bertz CT molecular complexity index is 615. The lowest BCUT2D eigenvalue weighted by molar-refractivity contribution is 0.432. The third-order valence-corrected chi connectivity index (χ3v) is 3.62. The van der Waals surface area contributed by atoms with Gasteiger partial charge in [0.05, 0.1) is 0 Å². The summed E-state index contributed by atoms with van der Waals surface area (Å²) in [5.74, 6) is -0.0907. The standard InChI is InChI=1S/C18H21FO/c1-11(2)13-5-7-15(12(3)4)16(9-13)14-6-8-18(20)17(19)10-14/h5-12,20H,1-4H3. The molecule has 0 aliphatic heterocycles. The van der Waals surface area contributed by atoms with E-state index in [-0.39, 0.29) is 5.75 Å². The number of phenolic OH excluding ortho intramolecular Hbond substituents is 1. The maximum absolute atomic E-state index is 13.6. The van der Waals surface area contributed by atoms with Gasteiger partial charge in [0.25, 0.3) is 0 Å². The van der Waals surface area contributed by atoms with Gasteiger partial charge in [-0.2, -0.15) is 0 Å². The average molecular weight is 272 g/mol. The topological polar surface area (TPSA) is 20.2 Å². The molecule has 0 heterocycles. The van der Waals surface area contributed by atoms with E-state index in [2.05, 4.69) is 45.9 Å². The van der Waals surface area contributed by atoms with Crippen molar-refractivity contribution in [3.8, 4) is 16.9 Å². The van der Waals surface area contributed by atoms with Crippen molar-refractivity contribution in [2.75, 3.05) is 0 Å². The molecule has 0 saturated carbocycles. The first-order valence-electron chi connectivity index (χ1n) is 7.03. The summed E-state index contributed by atoms with van der Waals surface area (Å²) >= 11 is 0. The summed E-state index contributed by atoms with van der Waals surface area (Å²) in [6, 6.07) is 11.0. The second-order valence-electron chi connectivity index (χ2n) is 5.82. The highest BCUT2D eigenvalue weighted by Gasteiger charge is 2.12. The molecule has 0 amide bonds. The summed E-state index contributed by atoms with van der Waals surface area (Å²) in [4.78, 5) is 0. The molecule has 20 heavy (non-hydrogen) atoms. The van der Waals surface area contributed by atoms with Gasteiger partial charge in [0.1, 0.15) is 0 Å². The Morgan fingerprint density at radius 2 is 1.60 bits per heavy atom. The van der Waals surface area contributed by atoms with Crippen molar-refractivity contribution in [3.05, 3.63) is 53.3 Å². The summed E-state index contributed by atoms with van der Waals surface area (Å²) in [6.45, 7) is 8.55. The van der Waals surface area contributed by atoms with E-state index in [1.807, 2.05) is 0 Å². The molecule has 1 nitrogen and oxygen atoms in total. The van der Waals surface area contributed by atoms with Crippen molar-refractivity contribution in [1.82, 2.24) is 0 Å². The maximum Gasteiger partial charge on any atom is 0.165 e. The largest absolute Gasteiger partial charge is 0.505 e. The molecule has 2 aromatic carbocycles. The van der Waals surface area contributed by atoms with Crippen LogP contribution in [0.25, 0.3) is 11.1 Å². The lowest BCUT2D eigenvalue weighted by Gasteiger charge is -2.16. The van der Waals surface area contributed by atoms with E-state index in [4.69, 9.17) is 0 Å². The fourth-order valence-electron chi connectivity index (χ4n) is 2.36. The Labute approximate surface area is 120 Å². The molecule has 0 bridgehead atoms. The first-order valence-corrected chi connectivity index (χ1v) is 7.03. The Hall–Kier alpha value is -1.83. The fraction of sp³-hybridized carbons (Fsp3) is 0.333. The predicted molar refractivity (Wildman–Crippen MR) is 81.7 cm³/mol. The van der Waals surface area contributed by atoms with E-state index >= 15 is 0 Å². The number of halogens is 1. The van der Waals surface area contributed by atoms with E-state index in [1.54, 1.807) is 6.07 Å². The van der Waals surface area contributed by atoms with Gasteiger partial charge in [0, 0.05) is 0 Å². The number of aromatic hydroxyl groups is 1. The van der Waals surface area contributed by atoms with Gasteiger partial charge in [-0.3, -0.25) is 0 Å². The van der Waals surface area contributed by atoms with Crippen molar-refractivity contribution in [2.45, 2.75) is 39.5 Å².